The molecule has 2 heteroatoms. The number of carbonyl (C=O) groups excluding carboxylic acids is 1. The maximum Gasteiger partial charge on any atom is 0.312 e. The van der Waals surface area contributed by atoms with Gasteiger partial charge in [0, 0.05) is 0 Å². The molecule has 2 nitrogen and oxygen atoms in total. The maximum absolute atomic E-state index is 12.7. The Labute approximate surface area is 128 Å². The van der Waals surface area contributed by atoms with E-state index in [2.05, 4.69) is 26.0 Å². The topological polar surface area (TPSA) is 26.3 Å². The van der Waals surface area contributed by atoms with Gasteiger partial charge in [0.1, 0.15) is 5.60 Å². The van der Waals surface area contributed by atoms with E-state index >= 15 is 0 Å². The number of benzene rings is 1. The summed E-state index contributed by atoms with van der Waals surface area (Å²) < 4.78 is 6.11. The van der Waals surface area contributed by atoms with Gasteiger partial charge in [0.2, 0.25) is 0 Å². The molecular formula is C19H28O2. The summed E-state index contributed by atoms with van der Waals surface area (Å²) in [6.45, 7) is 8.31. The van der Waals surface area contributed by atoms with Gasteiger partial charge in [0.15, 0.2) is 0 Å². The molecule has 0 aliphatic heterocycles. The van der Waals surface area contributed by atoms with Crippen LogP contribution in [0.3, 0.4) is 0 Å². The van der Waals surface area contributed by atoms with Crippen molar-refractivity contribution in [3.8, 4) is 0 Å². The first-order valence-electron chi connectivity index (χ1n) is 8.15. The van der Waals surface area contributed by atoms with Crippen molar-refractivity contribution in [2.45, 2.75) is 65.4 Å². The van der Waals surface area contributed by atoms with Crippen LogP contribution in [0.4, 0.5) is 0 Å². The Hall–Kier alpha value is -1.31. The Morgan fingerprint density at radius 1 is 1.19 bits per heavy atom. The largest absolute Gasteiger partial charge is 0.454 e. The first-order chi connectivity index (χ1) is 9.86. The van der Waals surface area contributed by atoms with Gasteiger partial charge >= 0.3 is 5.97 Å². The Morgan fingerprint density at radius 3 is 2.29 bits per heavy atom. The van der Waals surface area contributed by atoms with E-state index in [1.807, 2.05) is 32.0 Å². The predicted octanol–water partition coefficient (Wildman–Crippen LogP) is 5.07. The molecule has 1 saturated carbocycles. The third-order valence-corrected chi connectivity index (χ3v) is 4.47. The highest BCUT2D eigenvalue weighted by Gasteiger charge is 2.42. The molecule has 0 amide bonds. The number of hydrogen-bond donors (Lipinski definition) is 0. The Kier molecular flexibility index (Phi) is 4.75. The first kappa shape index (κ1) is 16.1. The molecular weight excluding hydrogens is 260 g/mol. The standard InChI is InChI=1S/C19H28O2/c1-15(2)14-18(3,4)17(20)21-19(12-8-9-13-19)16-10-6-5-7-11-16/h5-7,10-11,15H,8-9,12-14H2,1-4H3. The van der Waals surface area contributed by atoms with Crippen LogP contribution in [0.5, 0.6) is 0 Å². The normalized spacial score (nSPS) is 18.0. The zero-order chi connectivity index (χ0) is 15.5. The van der Waals surface area contributed by atoms with Gasteiger partial charge in [-0.2, -0.15) is 0 Å². The molecule has 0 radical (unpaired) electrons. The predicted molar refractivity (Wildman–Crippen MR) is 85.9 cm³/mol. The maximum atomic E-state index is 12.7. The second-order valence-electron chi connectivity index (χ2n) is 7.44. The summed E-state index contributed by atoms with van der Waals surface area (Å²) in [4.78, 5) is 12.7. The van der Waals surface area contributed by atoms with Gasteiger partial charge in [-0.05, 0) is 57.4 Å². The lowest BCUT2D eigenvalue weighted by molar-refractivity contribution is -0.172. The smallest absolute Gasteiger partial charge is 0.312 e. The van der Waals surface area contributed by atoms with Crippen LogP contribution in [0.25, 0.3) is 0 Å². The number of carbonyl (C=O) groups is 1. The minimum atomic E-state index is -0.418. The SMILES string of the molecule is CC(C)CC(C)(C)C(=O)OC1(c2ccccc2)CCCC1. The van der Waals surface area contributed by atoms with E-state index in [9.17, 15) is 4.79 Å². The van der Waals surface area contributed by atoms with E-state index in [-0.39, 0.29) is 5.97 Å². The molecule has 1 aromatic carbocycles. The van der Waals surface area contributed by atoms with E-state index in [0.29, 0.717) is 5.92 Å². The lowest BCUT2D eigenvalue weighted by Gasteiger charge is -2.34. The van der Waals surface area contributed by atoms with Crippen molar-refractivity contribution in [1.29, 1.82) is 0 Å². The molecule has 2 rings (SSSR count). The molecule has 0 aromatic heterocycles. The van der Waals surface area contributed by atoms with Crippen molar-refractivity contribution in [1.82, 2.24) is 0 Å². The highest BCUT2D eigenvalue weighted by Crippen LogP contribution is 2.44. The van der Waals surface area contributed by atoms with Crippen molar-refractivity contribution in [3.63, 3.8) is 0 Å². The van der Waals surface area contributed by atoms with Crippen molar-refractivity contribution in [2.75, 3.05) is 0 Å². The fourth-order valence-corrected chi connectivity index (χ4v) is 3.56. The average molecular weight is 288 g/mol. The third kappa shape index (κ3) is 3.66. The number of hydrogen-bond acceptors (Lipinski definition) is 2. The molecule has 0 unspecified atom stereocenters. The number of ether oxygens (including phenoxy) is 1. The van der Waals surface area contributed by atoms with Crippen LogP contribution >= 0.6 is 0 Å². The lowest BCUT2D eigenvalue weighted by atomic mass is 9.83. The second-order valence-corrected chi connectivity index (χ2v) is 7.44. The molecule has 0 heterocycles. The van der Waals surface area contributed by atoms with Crippen LogP contribution in [0, 0.1) is 11.3 Å². The zero-order valence-electron chi connectivity index (χ0n) is 13.8. The molecule has 1 aliphatic carbocycles. The molecule has 116 valence electrons. The van der Waals surface area contributed by atoms with E-state index < -0.39 is 11.0 Å². The molecule has 1 fully saturated rings. The average Bonchev–Trinajstić information content (AvgIpc) is 2.88. The van der Waals surface area contributed by atoms with E-state index in [4.69, 9.17) is 4.74 Å². The van der Waals surface area contributed by atoms with Crippen LogP contribution in [0.15, 0.2) is 30.3 Å². The van der Waals surface area contributed by atoms with Crippen LogP contribution < -0.4 is 0 Å². The fourth-order valence-electron chi connectivity index (χ4n) is 3.56. The highest BCUT2D eigenvalue weighted by molar-refractivity contribution is 5.76. The van der Waals surface area contributed by atoms with Crippen LogP contribution in [-0.2, 0) is 15.1 Å². The number of esters is 1. The Morgan fingerprint density at radius 2 is 1.76 bits per heavy atom. The van der Waals surface area contributed by atoms with Crippen molar-refractivity contribution < 1.29 is 9.53 Å². The summed E-state index contributed by atoms with van der Waals surface area (Å²) >= 11 is 0. The van der Waals surface area contributed by atoms with Crippen LogP contribution in [-0.4, -0.2) is 5.97 Å². The summed E-state index contributed by atoms with van der Waals surface area (Å²) in [7, 11) is 0. The third-order valence-electron chi connectivity index (χ3n) is 4.47. The van der Waals surface area contributed by atoms with E-state index in [1.54, 1.807) is 0 Å². The van der Waals surface area contributed by atoms with E-state index in [1.165, 1.54) is 0 Å². The van der Waals surface area contributed by atoms with E-state index in [0.717, 1.165) is 37.7 Å². The monoisotopic (exact) mass is 288 g/mol. The Bertz CT molecular complexity index is 468. The minimum absolute atomic E-state index is 0.0537. The van der Waals surface area contributed by atoms with Gasteiger partial charge in [-0.3, -0.25) is 4.79 Å². The summed E-state index contributed by atoms with van der Waals surface area (Å²) in [6, 6.07) is 10.3. The molecule has 0 bridgehead atoms. The number of rotatable bonds is 5. The van der Waals surface area contributed by atoms with Crippen molar-refractivity contribution in [3.05, 3.63) is 35.9 Å². The minimum Gasteiger partial charge on any atom is -0.454 e. The molecule has 1 aliphatic rings. The molecule has 21 heavy (non-hydrogen) atoms. The summed E-state index contributed by atoms with van der Waals surface area (Å²) in [5.41, 5.74) is 0.335. The molecule has 0 N–H and O–H groups in total. The molecule has 1 aromatic rings. The van der Waals surface area contributed by atoms with Crippen molar-refractivity contribution in [2.24, 2.45) is 11.3 Å². The van der Waals surface area contributed by atoms with Gasteiger partial charge < -0.3 is 4.74 Å². The quantitative estimate of drug-likeness (QED) is 0.707. The molecule has 0 spiro atoms. The lowest BCUT2D eigenvalue weighted by Crippen LogP contribution is -2.37. The second kappa shape index (κ2) is 6.21. The van der Waals surface area contributed by atoms with Gasteiger partial charge in [0.05, 0.1) is 5.41 Å². The summed E-state index contributed by atoms with van der Waals surface area (Å²) in [5, 5.41) is 0. The summed E-state index contributed by atoms with van der Waals surface area (Å²) in [6.07, 6.45) is 5.01. The first-order valence-corrected chi connectivity index (χ1v) is 8.15. The fraction of sp³-hybridized carbons (Fsp3) is 0.632. The highest BCUT2D eigenvalue weighted by atomic mass is 16.6. The van der Waals surface area contributed by atoms with Crippen LogP contribution in [0.2, 0.25) is 0 Å². The van der Waals surface area contributed by atoms with Gasteiger partial charge in [0.25, 0.3) is 0 Å². The Balaban J connectivity index is 2.20. The van der Waals surface area contributed by atoms with Gasteiger partial charge in [-0.1, -0.05) is 44.2 Å². The molecule has 0 saturated heterocycles. The zero-order valence-corrected chi connectivity index (χ0v) is 13.8. The van der Waals surface area contributed by atoms with Crippen molar-refractivity contribution >= 4 is 5.97 Å². The van der Waals surface area contributed by atoms with Gasteiger partial charge in [-0.25, -0.2) is 0 Å². The van der Waals surface area contributed by atoms with Gasteiger partial charge in [-0.15, -0.1) is 0 Å². The molecule has 0 atom stereocenters. The van der Waals surface area contributed by atoms with Crippen LogP contribution in [0.1, 0.15) is 65.4 Å². The summed E-state index contributed by atoms with van der Waals surface area (Å²) in [5.74, 6) is 0.436.